The second-order valence-corrected chi connectivity index (χ2v) is 6.55. The van der Waals surface area contributed by atoms with E-state index in [9.17, 15) is 22.8 Å². The first-order valence-electron chi connectivity index (χ1n) is 8.72. The van der Waals surface area contributed by atoms with Gasteiger partial charge >= 0.3 is 0 Å². The second kappa shape index (κ2) is 8.24. The lowest BCUT2D eigenvalue weighted by molar-refractivity contribution is 0.0679. The fourth-order valence-electron chi connectivity index (χ4n) is 3.15. The number of rotatable bonds is 4. The van der Waals surface area contributed by atoms with Crippen molar-refractivity contribution in [3.8, 4) is 0 Å². The zero-order valence-corrected chi connectivity index (χ0v) is 14.6. The smallest absolute Gasteiger partial charge is 0.256 e. The molecule has 0 atom stereocenters. The Bertz CT molecular complexity index is 849. The standard InChI is InChI=1S/C20H19F3N2O2/c21-14-5-6-15(18(23)11-14)19(26)24-12-13-7-9-25(10-8-13)20(27)16-3-1-2-4-17(16)22/h1-6,11,13H,7-10,12H2,(H,24,26). The number of nitrogens with one attached hydrogen (secondary N) is 1. The molecule has 0 radical (unpaired) electrons. The summed E-state index contributed by atoms with van der Waals surface area (Å²) >= 11 is 0. The van der Waals surface area contributed by atoms with Crippen LogP contribution in [-0.4, -0.2) is 36.3 Å². The molecule has 0 saturated carbocycles. The monoisotopic (exact) mass is 376 g/mol. The SMILES string of the molecule is O=C(NCC1CCN(C(=O)c2ccccc2F)CC1)c1ccc(F)cc1F. The van der Waals surface area contributed by atoms with Gasteiger partial charge in [0, 0.05) is 25.7 Å². The van der Waals surface area contributed by atoms with Gasteiger partial charge in [0.1, 0.15) is 17.5 Å². The number of hydrogen-bond acceptors (Lipinski definition) is 2. The van der Waals surface area contributed by atoms with E-state index in [2.05, 4.69) is 5.32 Å². The summed E-state index contributed by atoms with van der Waals surface area (Å²) < 4.78 is 40.3. The minimum Gasteiger partial charge on any atom is -0.352 e. The molecule has 2 amide bonds. The van der Waals surface area contributed by atoms with E-state index in [0.29, 0.717) is 38.5 Å². The van der Waals surface area contributed by atoms with Crippen LogP contribution in [0.4, 0.5) is 13.2 Å². The van der Waals surface area contributed by atoms with Gasteiger partial charge in [0.25, 0.3) is 11.8 Å². The van der Waals surface area contributed by atoms with Gasteiger partial charge in [-0.2, -0.15) is 0 Å². The fraction of sp³-hybridized carbons (Fsp3) is 0.300. The summed E-state index contributed by atoms with van der Waals surface area (Å²) in [7, 11) is 0. The van der Waals surface area contributed by atoms with Gasteiger partial charge in [-0.15, -0.1) is 0 Å². The molecule has 27 heavy (non-hydrogen) atoms. The van der Waals surface area contributed by atoms with Gasteiger partial charge in [-0.1, -0.05) is 12.1 Å². The van der Waals surface area contributed by atoms with Crippen molar-refractivity contribution >= 4 is 11.8 Å². The summed E-state index contributed by atoms with van der Waals surface area (Å²) in [6.07, 6.45) is 1.29. The number of benzene rings is 2. The molecule has 3 rings (SSSR count). The highest BCUT2D eigenvalue weighted by molar-refractivity contribution is 5.95. The normalized spacial score (nSPS) is 14.9. The first-order valence-corrected chi connectivity index (χ1v) is 8.72. The maximum Gasteiger partial charge on any atom is 0.256 e. The van der Waals surface area contributed by atoms with Gasteiger partial charge in [0.2, 0.25) is 0 Å². The van der Waals surface area contributed by atoms with Gasteiger partial charge in [-0.3, -0.25) is 9.59 Å². The number of amides is 2. The highest BCUT2D eigenvalue weighted by atomic mass is 19.1. The number of carbonyl (C=O) groups excluding carboxylic acids is 2. The molecule has 2 aromatic rings. The van der Waals surface area contributed by atoms with E-state index >= 15 is 0 Å². The van der Waals surface area contributed by atoms with Crippen LogP contribution in [-0.2, 0) is 0 Å². The summed E-state index contributed by atoms with van der Waals surface area (Å²) in [5.74, 6) is -3.00. The summed E-state index contributed by atoms with van der Waals surface area (Å²) in [6, 6.07) is 8.67. The van der Waals surface area contributed by atoms with Crippen LogP contribution < -0.4 is 5.32 Å². The first-order chi connectivity index (χ1) is 13.0. The minimum absolute atomic E-state index is 0.0519. The molecule has 0 aliphatic carbocycles. The Hall–Kier alpha value is -2.83. The highest BCUT2D eigenvalue weighted by Gasteiger charge is 2.25. The van der Waals surface area contributed by atoms with Crippen molar-refractivity contribution in [3.05, 3.63) is 71.0 Å². The van der Waals surface area contributed by atoms with Gasteiger partial charge < -0.3 is 10.2 Å². The van der Waals surface area contributed by atoms with E-state index in [-0.39, 0.29) is 23.0 Å². The average molecular weight is 376 g/mol. The molecule has 2 aromatic carbocycles. The van der Waals surface area contributed by atoms with E-state index < -0.39 is 23.4 Å². The molecule has 4 nitrogen and oxygen atoms in total. The van der Waals surface area contributed by atoms with Crippen LogP contribution in [0, 0.1) is 23.4 Å². The van der Waals surface area contributed by atoms with Gasteiger partial charge in [0.15, 0.2) is 0 Å². The fourth-order valence-corrected chi connectivity index (χ4v) is 3.15. The Balaban J connectivity index is 1.50. The van der Waals surface area contributed by atoms with Crippen LogP contribution in [0.5, 0.6) is 0 Å². The maximum atomic E-state index is 13.8. The van der Waals surface area contributed by atoms with Crippen molar-refractivity contribution in [2.45, 2.75) is 12.8 Å². The van der Waals surface area contributed by atoms with Crippen molar-refractivity contribution in [1.82, 2.24) is 10.2 Å². The summed E-state index contributed by atoms with van der Waals surface area (Å²) in [4.78, 5) is 26.0. The number of likely N-dealkylation sites (tertiary alicyclic amines) is 1. The molecule has 1 N–H and O–H groups in total. The lowest BCUT2D eigenvalue weighted by Gasteiger charge is -2.32. The number of piperidine rings is 1. The molecule has 142 valence electrons. The first kappa shape index (κ1) is 18.9. The van der Waals surface area contributed by atoms with E-state index in [1.165, 1.54) is 18.2 Å². The van der Waals surface area contributed by atoms with Crippen LogP contribution in [0.25, 0.3) is 0 Å². The second-order valence-electron chi connectivity index (χ2n) is 6.55. The molecule has 1 fully saturated rings. The molecule has 0 spiro atoms. The largest absolute Gasteiger partial charge is 0.352 e. The number of carbonyl (C=O) groups is 2. The highest BCUT2D eigenvalue weighted by Crippen LogP contribution is 2.20. The number of nitrogens with zero attached hydrogens (tertiary/aromatic N) is 1. The Morgan fingerprint density at radius 3 is 2.33 bits per heavy atom. The lowest BCUT2D eigenvalue weighted by Crippen LogP contribution is -2.41. The number of hydrogen-bond donors (Lipinski definition) is 1. The van der Waals surface area contributed by atoms with Crippen LogP contribution in [0.3, 0.4) is 0 Å². The van der Waals surface area contributed by atoms with Crippen LogP contribution in [0.2, 0.25) is 0 Å². The van der Waals surface area contributed by atoms with Crippen molar-refractivity contribution < 1.29 is 22.8 Å². The summed E-state index contributed by atoms with van der Waals surface area (Å²) in [6.45, 7) is 1.24. The topological polar surface area (TPSA) is 49.4 Å². The molecule has 1 saturated heterocycles. The molecule has 7 heteroatoms. The maximum absolute atomic E-state index is 13.8. The van der Waals surface area contributed by atoms with Gasteiger partial charge in [-0.05, 0) is 43.0 Å². The Labute approximate surface area is 155 Å². The van der Waals surface area contributed by atoms with Crippen molar-refractivity contribution in [2.24, 2.45) is 5.92 Å². The van der Waals surface area contributed by atoms with Crippen molar-refractivity contribution in [1.29, 1.82) is 0 Å². The lowest BCUT2D eigenvalue weighted by atomic mass is 9.96. The minimum atomic E-state index is -0.905. The summed E-state index contributed by atoms with van der Waals surface area (Å²) in [5.41, 5.74) is -0.153. The molecule has 1 aliphatic heterocycles. The van der Waals surface area contributed by atoms with Gasteiger partial charge in [-0.25, -0.2) is 13.2 Å². The zero-order valence-electron chi connectivity index (χ0n) is 14.6. The number of halogens is 3. The van der Waals surface area contributed by atoms with Crippen molar-refractivity contribution in [2.75, 3.05) is 19.6 Å². The third-order valence-corrected chi connectivity index (χ3v) is 4.73. The quantitative estimate of drug-likeness (QED) is 0.889. The van der Waals surface area contributed by atoms with Crippen LogP contribution in [0.15, 0.2) is 42.5 Å². The Morgan fingerprint density at radius 1 is 0.963 bits per heavy atom. The van der Waals surface area contributed by atoms with Gasteiger partial charge in [0.05, 0.1) is 11.1 Å². The molecule has 0 aromatic heterocycles. The Morgan fingerprint density at radius 2 is 1.67 bits per heavy atom. The molecule has 0 bridgehead atoms. The predicted octanol–water partition coefficient (Wildman–Crippen LogP) is 3.39. The van der Waals surface area contributed by atoms with E-state index in [4.69, 9.17) is 0 Å². The van der Waals surface area contributed by atoms with E-state index in [0.717, 1.165) is 12.1 Å². The third-order valence-electron chi connectivity index (χ3n) is 4.73. The molecular weight excluding hydrogens is 357 g/mol. The predicted molar refractivity (Wildman–Crippen MR) is 93.7 cm³/mol. The Kier molecular flexibility index (Phi) is 5.78. The van der Waals surface area contributed by atoms with E-state index in [1.807, 2.05) is 0 Å². The molecule has 0 unspecified atom stereocenters. The van der Waals surface area contributed by atoms with E-state index in [1.54, 1.807) is 11.0 Å². The molecule has 1 heterocycles. The molecule has 1 aliphatic rings. The third kappa shape index (κ3) is 4.48. The zero-order chi connectivity index (χ0) is 19.4. The average Bonchev–Trinajstić information content (AvgIpc) is 2.66. The van der Waals surface area contributed by atoms with Crippen LogP contribution >= 0.6 is 0 Å². The van der Waals surface area contributed by atoms with Crippen molar-refractivity contribution in [3.63, 3.8) is 0 Å². The summed E-state index contributed by atoms with van der Waals surface area (Å²) in [5, 5.41) is 2.65. The van der Waals surface area contributed by atoms with Crippen LogP contribution in [0.1, 0.15) is 33.6 Å². The molecular formula is C20H19F3N2O2.